The molecule has 2 heterocycles. The van der Waals surface area contributed by atoms with Crippen LogP contribution in [0.4, 0.5) is 5.95 Å². The van der Waals surface area contributed by atoms with Crippen molar-refractivity contribution in [2.45, 2.75) is 13.8 Å². The summed E-state index contributed by atoms with van der Waals surface area (Å²) >= 11 is 0. The first-order valence-corrected chi connectivity index (χ1v) is 5.03. The molecule has 0 atom stereocenters. The highest BCUT2D eigenvalue weighted by Gasteiger charge is 2.11. The van der Waals surface area contributed by atoms with Gasteiger partial charge in [-0.2, -0.15) is 5.10 Å². The van der Waals surface area contributed by atoms with Crippen molar-refractivity contribution in [2.24, 2.45) is 0 Å². The van der Waals surface area contributed by atoms with Crippen LogP contribution < -0.4 is 5.43 Å². The smallest absolute Gasteiger partial charge is 0.257 e. The van der Waals surface area contributed by atoms with Crippen molar-refractivity contribution in [1.29, 1.82) is 0 Å². The van der Waals surface area contributed by atoms with Gasteiger partial charge in [0.05, 0.1) is 24.6 Å². The van der Waals surface area contributed by atoms with E-state index in [1.807, 2.05) is 18.9 Å². The first-order chi connectivity index (χ1) is 7.25. The third-order valence-corrected chi connectivity index (χ3v) is 2.36. The molecule has 0 saturated carbocycles. The molecule has 0 aliphatic carbocycles. The standard InChI is InChI=1S/C9H15N5O/c1-7-8(2)11-12-9(10-7)13-14-3-5-15-6-4-14/h3-6H2,1-2H3,(H,10,12,13). The molecule has 6 heteroatoms. The fraction of sp³-hybridized carbons (Fsp3) is 0.667. The Bertz CT molecular complexity index is 337. The molecule has 1 saturated heterocycles. The van der Waals surface area contributed by atoms with Gasteiger partial charge < -0.3 is 4.74 Å². The summed E-state index contributed by atoms with van der Waals surface area (Å²) < 4.78 is 5.24. The van der Waals surface area contributed by atoms with E-state index in [4.69, 9.17) is 4.74 Å². The van der Waals surface area contributed by atoms with Gasteiger partial charge in [-0.05, 0) is 13.8 Å². The molecule has 1 fully saturated rings. The first-order valence-electron chi connectivity index (χ1n) is 5.03. The van der Waals surface area contributed by atoms with Gasteiger partial charge in [0, 0.05) is 13.1 Å². The van der Waals surface area contributed by atoms with Crippen LogP contribution in [0, 0.1) is 13.8 Å². The summed E-state index contributed by atoms with van der Waals surface area (Å²) in [6.45, 7) is 6.99. The van der Waals surface area contributed by atoms with E-state index in [2.05, 4.69) is 20.6 Å². The van der Waals surface area contributed by atoms with Gasteiger partial charge in [0.15, 0.2) is 0 Å². The monoisotopic (exact) mass is 209 g/mol. The van der Waals surface area contributed by atoms with Gasteiger partial charge in [-0.1, -0.05) is 0 Å². The minimum Gasteiger partial charge on any atom is -0.379 e. The zero-order chi connectivity index (χ0) is 10.7. The summed E-state index contributed by atoms with van der Waals surface area (Å²) in [5, 5.41) is 10.0. The van der Waals surface area contributed by atoms with Crippen LogP contribution in [0.25, 0.3) is 0 Å². The van der Waals surface area contributed by atoms with Crippen LogP contribution in [0.3, 0.4) is 0 Å². The van der Waals surface area contributed by atoms with Crippen LogP contribution in [0.2, 0.25) is 0 Å². The van der Waals surface area contributed by atoms with Crippen molar-refractivity contribution in [2.75, 3.05) is 31.7 Å². The van der Waals surface area contributed by atoms with E-state index in [0.29, 0.717) is 5.95 Å². The third kappa shape index (κ3) is 2.60. The van der Waals surface area contributed by atoms with Crippen molar-refractivity contribution < 1.29 is 4.74 Å². The highest BCUT2D eigenvalue weighted by Crippen LogP contribution is 2.04. The van der Waals surface area contributed by atoms with Gasteiger partial charge in [-0.3, -0.25) is 5.43 Å². The maximum absolute atomic E-state index is 5.24. The minimum atomic E-state index is 0.556. The van der Waals surface area contributed by atoms with Crippen LogP contribution in [0.1, 0.15) is 11.4 Å². The van der Waals surface area contributed by atoms with Gasteiger partial charge in [-0.15, -0.1) is 5.10 Å². The number of aromatic nitrogens is 3. The minimum absolute atomic E-state index is 0.556. The average Bonchev–Trinajstić information content (AvgIpc) is 2.25. The fourth-order valence-electron chi connectivity index (χ4n) is 1.32. The van der Waals surface area contributed by atoms with Crippen molar-refractivity contribution in [3.05, 3.63) is 11.4 Å². The quantitative estimate of drug-likeness (QED) is 0.748. The molecule has 1 aliphatic heterocycles. The van der Waals surface area contributed by atoms with Gasteiger partial charge in [0.2, 0.25) is 0 Å². The summed E-state index contributed by atoms with van der Waals surface area (Å²) in [5.41, 5.74) is 4.88. The zero-order valence-corrected chi connectivity index (χ0v) is 9.03. The van der Waals surface area contributed by atoms with Crippen molar-refractivity contribution in [3.8, 4) is 0 Å². The number of hydrazine groups is 1. The third-order valence-electron chi connectivity index (χ3n) is 2.36. The highest BCUT2D eigenvalue weighted by atomic mass is 16.5. The summed E-state index contributed by atoms with van der Waals surface area (Å²) in [4.78, 5) is 4.30. The number of morpholine rings is 1. The molecule has 0 radical (unpaired) electrons. The molecule has 6 nitrogen and oxygen atoms in total. The average molecular weight is 209 g/mol. The lowest BCUT2D eigenvalue weighted by atomic mass is 10.4. The van der Waals surface area contributed by atoms with E-state index in [9.17, 15) is 0 Å². The van der Waals surface area contributed by atoms with E-state index < -0.39 is 0 Å². The van der Waals surface area contributed by atoms with Crippen LogP contribution in [-0.2, 0) is 4.74 Å². The van der Waals surface area contributed by atoms with E-state index in [-0.39, 0.29) is 0 Å². The van der Waals surface area contributed by atoms with E-state index in [0.717, 1.165) is 37.7 Å². The lowest BCUT2D eigenvalue weighted by molar-refractivity contribution is 0.0492. The lowest BCUT2D eigenvalue weighted by Gasteiger charge is -2.26. The molecule has 0 unspecified atom stereocenters. The zero-order valence-electron chi connectivity index (χ0n) is 9.03. The number of nitrogens with zero attached hydrogens (tertiary/aromatic N) is 4. The van der Waals surface area contributed by atoms with Gasteiger partial charge in [0.25, 0.3) is 5.95 Å². The predicted molar refractivity (Wildman–Crippen MR) is 55.3 cm³/mol. The largest absolute Gasteiger partial charge is 0.379 e. The van der Waals surface area contributed by atoms with E-state index in [1.165, 1.54) is 0 Å². The number of ether oxygens (including phenoxy) is 1. The van der Waals surface area contributed by atoms with E-state index in [1.54, 1.807) is 0 Å². The van der Waals surface area contributed by atoms with Crippen molar-refractivity contribution in [1.82, 2.24) is 20.2 Å². The molecule has 1 aromatic heterocycles. The van der Waals surface area contributed by atoms with Gasteiger partial charge >= 0.3 is 0 Å². The van der Waals surface area contributed by atoms with Gasteiger partial charge in [0.1, 0.15) is 0 Å². The second kappa shape index (κ2) is 4.50. The predicted octanol–water partition coefficient (Wildman–Crippen LogP) is 0.148. The molecular weight excluding hydrogens is 194 g/mol. The van der Waals surface area contributed by atoms with Crippen molar-refractivity contribution >= 4 is 5.95 Å². The summed E-state index contributed by atoms with van der Waals surface area (Å²) in [6, 6.07) is 0. The normalized spacial score (nSPS) is 17.7. The van der Waals surface area contributed by atoms with Crippen molar-refractivity contribution in [3.63, 3.8) is 0 Å². The molecular formula is C9H15N5O. The molecule has 1 aromatic rings. The van der Waals surface area contributed by atoms with E-state index >= 15 is 0 Å². The second-order valence-corrected chi connectivity index (χ2v) is 3.52. The summed E-state index contributed by atoms with van der Waals surface area (Å²) in [7, 11) is 0. The Labute approximate surface area is 88.6 Å². The van der Waals surface area contributed by atoms with Crippen LogP contribution >= 0.6 is 0 Å². The Morgan fingerprint density at radius 3 is 2.53 bits per heavy atom. The highest BCUT2D eigenvalue weighted by molar-refractivity contribution is 5.23. The molecule has 0 bridgehead atoms. The van der Waals surface area contributed by atoms with Crippen LogP contribution in [-0.4, -0.2) is 46.5 Å². The first kappa shape index (κ1) is 10.3. The topological polar surface area (TPSA) is 63.2 Å². The fourth-order valence-corrected chi connectivity index (χ4v) is 1.32. The Hall–Kier alpha value is -1.27. The molecule has 1 N–H and O–H groups in total. The number of anilines is 1. The van der Waals surface area contributed by atoms with Crippen LogP contribution in [0.5, 0.6) is 0 Å². The Kier molecular flexibility index (Phi) is 3.08. The Balaban J connectivity index is 2.00. The summed E-state index contributed by atoms with van der Waals surface area (Å²) in [6.07, 6.45) is 0. The van der Waals surface area contributed by atoms with Crippen LogP contribution in [0.15, 0.2) is 0 Å². The Morgan fingerprint density at radius 2 is 1.87 bits per heavy atom. The molecule has 0 amide bonds. The number of hydrogen-bond acceptors (Lipinski definition) is 6. The molecule has 0 spiro atoms. The Morgan fingerprint density at radius 1 is 1.13 bits per heavy atom. The molecule has 2 rings (SSSR count). The number of nitrogens with one attached hydrogen (secondary N) is 1. The second-order valence-electron chi connectivity index (χ2n) is 3.52. The maximum atomic E-state index is 5.24. The number of rotatable bonds is 2. The molecule has 15 heavy (non-hydrogen) atoms. The number of hydrogen-bond donors (Lipinski definition) is 1. The lowest BCUT2D eigenvalue weighted by Crippen LogP contribution is -2.40. The molecule has 0 aromatic carbocycles. The number of aryl methyl sites for hydroxylation is 2. The maximum Gasteiger partial charge on any atom is 0.257 e. The molecule has 82 valence electrons. The summed E-state index contributed by atoms with van der Waals surface area (Å²) in [5.74, 6) is 0.556. The van der Waals surface area contributed by atoms with Gasteiger partial charge in [-0.25, -0.2) is 9.99 Å². The molecule has 1 aliphatic rings. The SMILES string of the molecule is Cc1nnc(NN2CCOCC2)nc1C.